The van der Waals surface area contributed by atoms with Gasteiger partial charge in [0.05, 0.1) is 6.61 Å². The van der Waals surface area contributed by atoms with Crippen LogP contribution in [0.15, 0.2) is 48.5 Å². The predicted molar refractivity (Wildman–Crippen MR) is 84.5 cm³/mol. The van der Waals surface area contributed by atoms with Crippen LogP contribution in [-0.4, -0.2) is 27.3 Å². The average molecular weight is 288 g/mol. The predicted octanol–water partition coefficient (Wildman–Crippen LogP) is 3.33. The van der Waals surface area contributed by atoms with Crippen LogP contribution in [0.1, 0.15) is 5.56 Å². The van der Waals surface area contributed by atoms with Gasteiger partial charge in [-0.2, -0.15) is 0 Å². The Morgan fingerprint density at radius 3 is 2.14 bits per heavy atom. The molecule has 0 atom stereocenters. The zero-order valence-electron chi connectivity index (χ0n) is 12.5. The Hall–Kier alpha value is -1.91. The van der Waals surface area contributed by atoms with Gasteiger partial charge >= 0.3 is 0 Å². The zero-order chi connectivity index (χ0) is 15.1. The van der Waals surface area contributed by atoms with Crippen molar-refractivity contribution in [3.63, 3.8) is 0 Å². The van der Waals surface area contributed by atoms with E-state index in [9.17, 15) is 4.39 Å². The summed E-state index contributed by atoms with van der Waals surface area (Å²) in [4.78, 5) is 2.03. The number of benzene rings is 2. The van der Waals surface area contributed by atoms with Crippen molar-refractivity contribution in [2.24, 2.45) is 0 Å². The monoisotopic (exact) mass is 288 g/mol. The number of rotatable bonds is 7. The molecule has 0 bridgehead atoms. The van der Waals surface area contributed by atoms with Crippen molar-refractivity contribution >= 4 is 11.4 Å². The van der Waals surface area contributed by atoms with E-state index in [4.69, 9.17) is 4.74 Å². The molecule has 3 nitrogen and oxygen atoms in total. The fourth-order valence-electron chi connectivity index (χ4n) is 2.06. The van der Waals surface area contributed by atoms with Crippen molar-refractivity contribution in [1.82, 2.24) is 5.32 Å². The minimum absolute atomic E-state index is 0.218. The summed E-state index contributed by atoms with van der Waals surface area (Å²) in [6.45, 7) is 2.38. The minimum Gasteiger partial charge on any atom is -0.383 e. The van der Waals surface area contributed by atoms with Crippen molar-refractivity contribution in [1.29, 1.82) is 0 Å². The SMILES string of the molecule is COCCNCc1ccc(N(C)c2ccc(F)cc2)cc1. The van der Waals surface area contributed by atoms with Crippen molar-refractivity contribution < 1.29 is 9.13 Å². The number of hydrogen-bond donors (Lipinski definition) is 1. The molecule has 2 aromatic rings. The molecule has 0 fully saturated rings. The highest BCUT2D eigenvalue weighted by atomic mass is 19.1. The van der Waals surface area contributed by atoms with Gasteiger partial charge in [-0.3, -0.25) is 0 Å². The molecule has 0 unspecified atom stereocenters. The Kier molecular flexibility index (Phi) is 5.72. The third-order valence-electron chi connectivity index (χ3n) is 3.35. The molecule has 2 aromatic carbocycles. The van der Waals surface area contributed by atoms with E-state index in [2.05, 4.69) is 29.6 Å². The molecule has 0 saturated carbocycles. The molecule has 0 spiro atoms. The van der Waals surface area contributed by atoms with Gasteiger partial charge in [0.25, 0.3) is 0 Å². The lowest BCUT2D eigenvalue weighted by molar-refractivity contribution is 0.199. The lowest BCUT2D eigenvalue weighted by Gasteiger charge is -2.19. The summed E-state index contributed by atoms with van der Waals surface area (Å²) in [6, 6.07) is 14.8. The molecule has 0 aliphatic carbocycles. The fraction of sp³-hybridized carbons (Fsp3) is 0.294. The molecule has 112 valence electrons. The highest BCUT2D eigenvalue weighted by Gasteiger charge is 2.04. The molecule has 0 heterocycles. The Labute approximate surface area is 125 Å². The second kappa shape index (κ2) is 7.76. The molecule has 0 amide bonds. The zero-order valence-corrected chi connectivity index (χ0v) is 12.5. The van der Waals surface area contributed by atoms with Crippen LogP contribution in [0.5, 0.6) is 0 Å². The second-order valence-electron chi connectivity index (χ2n) is 4.87. The van der Waals surface area contributed by atoms with E-state index in [-0.39, 0.29) is 5.82 Å². The van der Waals surface area contributed by atoms with Crippen LogP contribution < -0.4 is 10.2 Å². The van der Waals surface area contributed by atoms with Gasteiger partial charge in [0, 0.05) is 38.6 Å². The molecule has 4 heteroatoms. The molecule has 0 saturated heterocycles. The molecule has 0 aliphatic rings. The van der Waals surface area contributed by atoms with Crippen molar-refractivity contribution in [3.05, 3.63) is 59.9 Å². The summed E-state index contributed by atoms with van der Waals surface area (Å²) in [5.74, 6) is -0.218. The molecule has 1 N–H and O–H groups in total. The molecule has 2 rings (SSSR count). The topological polar surface area (TPSA) is 24.5 Å². The number of halogens is 1. The summed E-state index contributed by atoms with van der Waals surface area (Å²) in [6.07, 6.45) is 0. The van der Waals surface area contributed by atoms with Gasteiger partial charge in [0.1, 0.15) is 5.82 Å². The van der Waals surface area contributed by atoms with E-state index in [1.165, 1.54) is 17.7 Å². The first kappa shape index (κ1) is 15.5. The first-order valence-corrected chi connectivity index (χ1v) is 6.98. The fourth-order valence-corrected chi connectivity index (χ4v) is 2.06. The summed E-state index contributed by atoms with van der Waals surface area (Å²) in [5.41, 5.74) is 3.26. The number of nitrogens with one attached hydrogen (secondary N) is 1. The molecular formula is C17H21FN2O. The summed E-state index contributed by atoms with van der Waals surface area (Å²) in [5, 5.41) is 3.31. The van der Waals surface area contributed by atoms with Crippen LogP contribution in [0.25, 0.3) is 0 Å². The van der Waals surface area contributed by atoms with E-state index in [0.29, 0.717) is 6.61 Å². The Morgan fingerprint density at radius 1 is 1.00 bits per heavy atom. The van der Waals surface area contributed by atoms with Gasteiger partial charge in [-0.05, 0) is 42.0 Å². The average Bonchev–Trinajstić information content (AvgIpc) is 2.52. The van der Waals surface area contributed by atoms with Crippen LogP contribution in [0.2, 0.25) is 0 Å². The summed E-state index contributed by atoms with van der Waals surface area (Å²) in [7, 11) is 3.67. The van der Waals surface area contributed by atoms with Gasteiger partial charge < -0.3 is 15.0 Å². The molecule has 21 heavy (non-hydrogen) atoms. The number of methoxy groups -OCH3 is 1. The molecular weight excluding hydrogens is 267 g/mol. The minimum atomic E-state index is -0.218. The number of nitrogens with zero attached hydrogens (tertiary/aromatic N) is 1. The first-order valence-electron chi connectivity index (χ1n) is 6.98. The van der Waals surface area contributed by atoms with E-state index >= 15 is 0 Å². The number of anilines is 2. The first-order chi connectivity index (χ1) is 10.2. The molecule has 0 radical (unpaired) electrons. The van der Waals surface area contributed by atoms with Gasteiger partial charge in [-0.25, -0.2) is 4.39 Å². The smallest absolute Gasteiger partial charge is 0.123 e. The van der Waals surface area contributed by atoms with Gasteiger partial charge in [-0.15, -0.1) is 0 Å². The van der Waals surface area contributed by atoms with Crippen molar-refractivity contribution in [3.8, 4) is 0 Å². The van der Waals surface area contributed by atoms with E-state index in [0.717, 1.165) is 24.5 Å². The standard InChI is InChI=1S/C17H21FN2O/c1-20(17-9-5-15(18)6-10-17)16-7-3-14(4-8-16)13-19-11-12-21-2/h3-10,19H,11-13H2,1-2H3. The summed E-state index contributed by atoms with van der Waals surface area (Å²) >= 11 is 0. The van der Waals surface area contributed by atoms with E-state index in [1.54, 1.807) is 19.2 Å². The highest BCUT2D eigenvalue weighted by molar-refractivity contribution is 5.62. The second-order valence-corrected chi connectivity index (χ2v) is 4.87. The van der Waals surface area contributed by atoms with Gasteiger partial charge in [0.15, 0.2) is 0 Å². The Morgan fingerprint density at radius 2 is 1.57 bits per heavy atom. The molecule has 0 aromatic heterocycles. The maximum absolute atomic E-state index is 12.9. The normalized spacial score (nSPS) is 10.6. The van der Waals surface area contributed by atoms with Crippen LogP contribution in [0.3, 0.4) is 0 Å². The quantitative estimate of drug-likeness (QED) is 0.791. The van der Waals surface area contributed by atoms with Crippen LogP contribution in [0.4, 0.5) is 15.8 Å². The number of hydrogen-bond acceptors (Lipinski definition) is 3. The summed E-state index contributed by atoms with van der Waals surface area (Å²) < 4.78 is 17.9. The van der Waals surface area contributed by atoms with Crippen molar-refractivity contribution in [2.45, 2.75) is 6.54 Å². The van der Waals surface area contributed by atoms with Crippen LogP contribution in [0, 0.1) is 5.82 Å². The van der Waals surface area contributed by atoms with Crippen LogP contribution >= 0.6 is 0 Å². The maximum atomic E-state index is 12.9. The third-order valence-corrected chi connectivity index (χ3v) is 3.35. The van der Waals surface area contributed by atoms with E-state index in [1.807, 2.05) is 11.9 Å². The number of ether oxygens (including phenoxy) is 1. The lowest BCUT2D eigenvalue weighted by Crippen LogP contribution is -2.18. The van der Waals surface area contributed by atoms with Gasteiger partial charge in [-0.1, -0.05) is 12.1 Å². The van der Waals surface area contributed by atoms with Crippen LogP contribution in [-0.2, 0) is 11.3 Å². The highest BCUT2D eigenvalue weighted by Crippen LogP contribution is 2.23. The maximum Gasteiger partial charge on any atom is 0.123 e. The lowest BCUT2D eigenvalue weighted by atomic mass is 10.2. The third kappa shape index (κ3) is 4.55. The van der Waals surface area contributed by atoms with Gasteiger partial charge in [0.2, 0.25) is 0 Å². The largest absolute Gasteiger partial charge is 0.383 e. The molecule has 0 aliphatic heterocycles. The van der Waals surface area contributed by atoms with E-state index < -0.39 is 0 Å². The van der Waals surface area contributed by atoms with Crippen molar-refractivity contribution in [2.75, 3.05) is 32.2 Å². The Bertz CT molecular complexity index is 540. The Balaban J connectivity index is 1.96.